The third-order valence-electron chi connectivity index (χ3n) is 4.28. The number of unbranched alkanes of at least 4 members (excludes halogenated alkanes) is 8. The van der Waals surface area contributed by atoms with Crippen LogP contribution in [-0.2, 0) is 14.3 Å². The van der Waals surface area contributed by atoms with Crippen LogP contribution in [0, 0.1) is 6.92 Å². The van der Waals surface area contributed by atoms with E-state index in [4.69, 9.17) is 6.92 Å². The van der Waals surface area contributed by atoms with E-state index in [-0.39, 0.29) is 17.9 Å². The summed E-state index contributed by atoms with van der Waals surface area (Å²) in [5, 5.41) is 0. The van der Waals surface area contributed by atoms with Crippen molar-refractivity contribution in [1.29, 1.82) is 0 Å². The van der Waals surface area contributed by atoms with Crippen LogP contribution in [0.4, 0.5) is 0 Å². The molecule has 144 valence electrons. The first-order valence-corrected chi connectivity index (χ1v) is 11.1. The van der Waals surface area contributed by atoms with Crippen molar-refractivity contribution in [2.45, 2.75) is 95.7 Å². The van der Waals surface area contributed by atoms with Gasteiger partial charge in [0.25, 0.3) is 10.1 Å². The third kappa shape index (κ3) is 10.7. The van der Waals surface area contributed by atoms with Crippen LogP contribution in [0.5, 0.6) is 0 Å². The Morgan fingerprint density at radius 1 is 0.840 bits per heavy atom. The minimum atomic E-state index is -3.81. The number of aryl methyl sites for hydroxylation is 1. The Bertz CT molecular complexity index is 613. The molecule has 0 amide bonds. The highest BCUT2D eigenvalue weighted by molar-refractivity contribution is 7.86. The van der Waals surface area contributed by atoms with E-state index in [9.17, 15) is 8.42 Å². The lowest BCUT2D eigenvalue weighted by Crippen LogP contribution is -2.07. The van der Waals surface area contributed by atoms with Crippen LogP contribution in [0.15, 0.2) is 29.2 Å². The molecule has 0 heterocycles. The lowest BCUT2D eigenvalue weighted by Gasteiger charge is -2.06. The van der Waals surface area contributed by atoms with Crippen LogP contribution < -0.4 is 0 Å². The van der Waals surface area contributed by atoms with Gasteiger partial charge in [-0.05, 0) is 25.5 Å². The molecule has 0 bridgehead atoms. The molecular formula is C21H36O3S. The van der Waals surface area contributed by atoms with Crippen molar-refractivity contribution in [1.82, 2.24) is 0 Å². The van der Waals surface area contributed by atoms with Crippen molar-refractivity contribution in [3.05, 3.63) is 29.8 Å². The fourth-order valence-electron chi connectivity index (χ4n) is 2.68. The SMILES string of the molecule is [2H]C([2H])(CCCCCCCCCCC)CCOS(=O)(=O)c1ccc(C)cc1. The van der Waals surface area contributed by atoms with Gasteiger partial charge in [-0.3, -0.25) is 4.18 Å². The Morgan fingerprint density at radius 2 is 1.36 bits per heavy atom. The Kier molecular flexibility index (Phi) is 10.1. The van der Waals surface area contributed by atoms with Gasteiger partial charge in [-0.1, -0.05) is 95.2 Å². The second-order valence-electron chi connectivity index (χ2n) is 6.67. The standard InChI is InChI=1S/C21H36O3S/c1-3-4-5-6-7-8-9-10-11-12-13-14-19-24-25(22,23)21-17-15-20(2)16-18-21/h15-18H,3-14,19H2,1-2H3/i13D2. The fourth-order valence-corrected chi connectivity index (χ4v) is 3.59. The molecule has 0 N–H and O–H groups in total. The number of hydrogen-bond donors (Lipinski definition) is 0. The maximum absolute atomic E-state index is 12.1. The highest BCUT2D eigenvalue weighted by atomic mass is 32.2. The van der Waals surface area contributed by atoms with Crippen molar-refractivity contribution in [2.75, 3.05) is 6.61 Å². The van der Waals surface area contributed by atoms with Gasteiger partial charge in [-0.25, -0.2) is 0 Å². The summed E-state index contributed by atoms with van der Waals surface area (Å²) in [4.78, 5) is 0.118. The second-order valence-corrected chi connectivity index (χ2v) is 8.28. The van der Waals surface area contributed by atoms with Crippen LogP contribution in [0.2, 0.25) is 0 Å². The average Bonchev–Trinajstić information content (AvgIpc) is 2.60. The van der Waals surface area contributed by atoms with E-state index >= 15 is 0 Å². The van der Waals surface area contributed by atoms with Gasteiger partial charge < -0.3 is 0 Å². The lowest BCUT2D eigenvalue weighted by molar-refractivity contribution is 0.306. The van der Waals surface area contributed by atoms with E-state index in [2.05, 4.69) is 6.92 Å². The molecule has 0 radical (unpaired) electrons. The minimum absolute atomic E-state index is 0.0924. The Labute approximate surface area is 158 Å². The minimum Gasteiger partial charge on any atom is -0.266 e. The molecule has 1 aromatic rings. The first kappa shape index (κ1) is 18.9. The molecule has 3 nitrogen and oxygen atoms in total. The first-order chi connectivity index (χ1) is 12.8. The largest absolute Gasteiger partial charge is 0.296 e. The van der Waals surface area contributed by atoms with E-state index in [1.165, 1.54) is 50.7 Å². The molecule has 25 heavy (non-hydrogen) atoms. The van der Waals surface area contributed by atoms with Crippen molar-refractivity contribution in [2.24, 2.45) is 0 Å². The highest BCUT2D eigenvalue weighted by Crippen LogP contribution is 2.15. The fraction of sp³-hybridized carbons (Fsp3) is 0.714. The quantitative estimate of drug-likeness (QED) is 0.265. The molecular weight excluding hydrogens is 332 g/mol. The molecule has 0 unspecified atom stereocenters. The van der Waals surface area contributed by atoms with Crippen LogP contribution in [0.25, 0.3) is 0 Å². The summed E-state index contributed by atoms with van der Waals surface area (Å²) in [7, 11) is -3.81. The summed E-state index contributed by atoms with van der Waals surface area (Å²) < 4.78 is 45.3. The molecule has 0 aliphatic rings. The lowest BCUT2D eigenvalue weighted by atomic mass is 10.1. The zero-order chi connectivity index (χ0) is 20.2. The van der Waals surface area contributed by atoms with Gasteiger partial charge in [0.1, 0.15) is 0 Å². The summed E-state index contributed by atoms with van der Waals surface area (Å²) in [6, 6.07) is 6.47. The Balaban J connectivity index is 2.18. The third-order valence-corrected chi connectivity index (χ3v) is 5.61. The van der Waals surface area contributed by atoms with Crippen molar-refractivity contribution < 1.29 is 15.3 Å². The predicted molar refractivity (Wildman–Crippen MR) is 105 cm³/mol. The monoisotopic (exact) mass is 370 g/mol. The highest BCUT2D eigenvalue weighted by Gasteiger charge is 2.14. The molecule has 0 saturated heterocycles. The number of benzene rings is 1. The van der Waals surface area contributed by atoms with E-state index in [0.717, 1.165) is 24.8 Å². The Hall–Kier alpha value is -0.870. The van der Waals surface area contributed by atoms with Gasteiger partial charge in [0.2, 0.25) is 0 Å². The smallest absolute Gasteiger partial charge is 0.266 e. The molecule has 0 aromatic heterocycles. The van der Waals surface area contributed by atoms with E-state index in [0.29, 0.717) is 6.42 Å². The normalized spacial score (nSPS) is 13.5. The zero-order valence-corrected chi connectivity index (χ0v) is 16.7. The molecule has 1 aromatic carbocycles. The number of rotatable bonds is 15. The van der Waals surface area contributed by atoms with Crippen LogP contribution in [0.3, 0.4) is 0 Å². The number of hydrogen-bond acceptors (Lipinski definition) is 3. The molecule has 0 fully saturated rings. The van der Waals surface area contributed by atoms with Crippen molar-refractivity contribution in [3.63, 3.8) is 0 Å². The van der Waals surface area contributed by atoms with Crippen LogP contribution in [-0.4, -0.2) is 15.0 Å². The maximum Gasteiger partial charge on any atom is 0.296 e. The molecule has 0 aliphatic heterocycles. The summed E-state index contributed by atoms with van der Waals surface area (Å²) in [5.74, 6) is 0. The molecule has 0 saturated carbocycles. The molecule has 4 heteroatoms. The summed E-state index contributed by atoms with van der Waals surface area (Å²) in [5.41, 5.74) is 0.978. The van der Waals surface area contributed by atoms with Crippen molar-refractivity contribution >= 4 is 10.1 Å². The molecule has 0 aliphatic carbocycles. The average molecular weight is 371 g/mol. The van der Waals surface area contributed by atoms with E-state index in [1.54, 1.807) is 12.1 Å². The Morgan fingerprint density at radius 3 is 1.92 bits per heavy atom. The van der Waals surface area contributed by atoms with Crippen LogP contribution in [0.1, 0.15) is 92.2 Å². The van der Waals surface area contributed by atoms with Crippen LogP contribution >= 0.6 is 0 Å². The summed E-state index contributed by atoms with van der Waals surface area (Å²) in [6.45, 7) is 3.98. The topological polar surface area (TPSA) is 43.4 Å². The van der Waals surface area contributed by atoms with E-state index < -0.39 is 16.5 Å². The molecule has 1 rings (SSSR count). The van der Waals surface area contributed by atoms with Gasteiger partial charge in [-0.2, -0.15) is 8.42 Å². The summed E-state index contributed by atoms with van der Waals surface area (Å²) >= 11 is 0. The van der Waals surface area contributed by atoms with E-state index in [1.807, 2.05) is 6.92 Å². The predicted octanol–water partition coefficient (Wildman–Crippen LogP) is 6.40. The first-order valence-electron chi connectivity index (χ1n) is 10.7. The molecule has 0 spiro atoms. The maximum atomic E-state index is 12.1. The van der Waals surface area contributed by atoms with Crippen molar-refractivity contribution in [3.8, 4) is 0 Å². The summed E-state index contributed by atoms with van der Waals surface area (Å²) in [6.07, 6.45) is 9.92. The van der Waals surface area contributed by atoms with Gasteiger partial charge in [0.15, 0.2) is 0 Å². The van der Waals surface area contributed by atoms with Gasteiger partial charge >= 0.3 is 0 Å². The zero-order valence-electron chi connectivity index (χ0n) is 17.9. The second kappa shape index (κ2) is 13.3. The molecule has 0 atom stereocenters. The van der Waals surface area contributed by atoms with Gasteiger partial charge in [-0.15, -0.1) is 0 Å². The van der Waals surface area contributed by atoms with Gasteiger partial charge in [0, 0.05) is 2.74 Å². The van der Waals surface area contributed by atoms with Gasteiger partial charge in [0.05, 0.1) is 11.5 Å².